The van der Waals surface area contributed by atoms with E-state index in [0.29, 0.717) is 37.4 Å². The minimum Gasteiger partial charge on any atom is -0.340 e. The number of anilines is 3. The molecule has 33 heavy (non-hydrogen) atoms. The Morgan fingerprint density at radius 3 is 2.24 bits per heavy atom. The number of nitrogens with zero attached hydrogens (tertiary/aromatic N) is 5. The maximum atomic E-state index is 13.5. The molecule has 0 saturated carbocycles. The summed E-state index contributed by atoms with van der Waals surface area (Å²) in [7, 11) is 0. The Labute approximate surface area is 194 Å². The van der Waals surface area contributed by atoms with Crippen LogP contribution < -0.4 is 10.2 Å². The standard InChI is InChI=1S/C23H21F3N6S/c1-16-2-8-19(9-3-16)33-32-12-10-31(11-13-32)22-29-20(23(24,25)26)14-21(30-22)28-18-6-4-17(15-27)5-7-18/h2-9,14H,10-13H2,1H3,(H,28,29,30). The van der Waals surface area contributed by atoms with Crippen LogP contribution in [0, 0.1) is 18.3 Å². The predicted octanol–water partition coefficient (Wildman–Crippen LogP) is 5.25. The number of nitrogens with one attached hydrogen (secondary N) is 1. The van der Waals surface area contributed by atoms with E-state index < -0.39 is 11.9 Å². The Morgan fingerprint density at radius 2 is 1.64 bits per heavy atom. The fraction of sp³-hybridized carbons (Fsp3) is 0.261. The average Bonchev–Trinajstić information content (AvgIpc) is 2.81. The molecule has 1 saturated heterocycles. The van der Waals surface area contributed by atoms with Gasteiger partial charge in [-0.15, -0.1) is 0 Å². The van der Waals surface area contributed by atoms with Crippen LogP contribution in [0.4, 0.5) is 30.6 Å². The summed E-state index contributed by atoms with van der Waals surface area (Å²) >= 11 is 1.64. The second kappa shape index (κ2) is 9.68. The highest BCUT2D eigenvalue weighted by molar-refractivity contribution is 7.97. The van der Waals surface area contributed by atoms with E-state index >= 15 is 0 Å². The molecule has 0 aliphatic carbocycles. The first-order chi connectivity index (χ1) is 15.8. The normalized spacial score (nSPS) is 14.7. The Morgan fingerprint density at radius 1 is 0.970 bits per heavy atom. The van der Waals surface area contributed by atoms with Crippen LogP contribution in [0.1, 0.15) is 16.8 Å². The van der Waals surface area contributed by atoms with Gasteiger partial charge in [-0.2, -0.15) is 23.4 Å². The van der Waals surface area contributed by atoms with E-state index in [2.05, 4.69) is 43.9 Å². The minimum absolute atomic E-state index is 0.0426. The number of hydrogen-bond donors (Lipinski definition) is 1. The Balaban J connectivity index is 1.48. The van der Waals surface area contributed by atoms with Gasteiger partial charge in [-0.05, 0) is 55.3 Å². The number of aryl methyl sites for hydroxylation is 1. The SMILES string of the molecule is Cc1ccc(SN2CCN(c3nc(Nc4ccc(C#N)cc4)cc(C(F)(F)F)n3)CC2)cc1. The van der Waals surface area contributed by atoms with Crippen LogP contribution in [0.5, 0.6) is 0 Å². The molecule has 2 heterocycles. The molecule has 0 bridgehead atoms. The molecule has 10 heteroatoms. The van der Waals surface area contributed by atoms with Crippen LogP contribution in [-0.4, -0.2) is 40.5 Å². The van der Waals surface area contributed by atoms with Crippen molar-refractivity contribution in [2.45, 2.75) is 18.0 Å². The summed E-state index contributed by atoms with van der Waals surface area (Å²) in [5, 5.41) is 11.8. The van der Waals surface area contributed by atoms with E-state index in [1.54, 1.807) is 41.1 Å². The molecule has 1 fully saturated rings. The molecule has 0 atom stereocenters. The summed E-state index contributed by atoms with van der Waals surface area (Å²) in [5.74, 6) is 0.0921. The van der Waals surface area contributed by atoms with Gasteiger partial charge in [-0.1, -0.05) is 17.7 Å². The molecular weight excluding hydrogens is 449 g/mol. The van der Waals surface area contributed by atoms with Gasteiger partial charge in [0.25, 0.3) is 0 Å². The van der Waals surface area contributed by atoms with Crippen LogP contribution in [0.15, 0.2) is 59.5 Å². The molecule has 170 valence electrons. The van der Waals surface area contributed by atoms with Gasteiger partial charge >= 0.3 is 6.18 Å². The number of piperazine rings is 1. The Kier molecular flexibility index (Phi) is 6.72. The van der Waals surface area contributed by atoms with Gasteiger partial charge in [0.05, 0.1) is 11.6 Å². The topological polar surface area (TPSA) is 68.1 Å². The Bertz CT molecular complexity index is 1130. The molecule has 0 amide bonds. The smallest absolute Gasteiger partial charge is 0.340 e. The van der Waals surface area contributed by atoms with Crippen molar-refractivity contribution in [1.29, 1.82) is 5.26 Å². The first-order valence-electron chi connectivity index (χ1n) is 10.3. The van der Waals surface area contributed by atoms with Crippen molar-refractivity contribution in [3.8, 4) is 6.07 Å². The van der Waals surface area contributed by atoms with E-state index in [-0.39, 0.29) is 11.8 Å². The van der Waals surface area contributed by atoms with Gasteiger partial charge in [0.15, 0.2) is 5.69 Å². The quantitative estimate of drug-likeness (QED) is 0.511. The lowest BCUT2D eigenvalue weighted by Gasteiger charge is -2.34. The molecule has 0 spiro atoms. The molecule has 1 aliphatic heterocycles. The number of rotatable bonds is 5. The molecule has 3 aromatic rings. The summed E-state index contributed by atoms with van der Waals surface area (Å²) in [6.45, 7) is 4.38. The van der Waals surface area contributed by atoms with Gasteiger partial charge in [0.1, 0.15) is 5.82 Å². The van der Waals surface area contributed by atoms with Crippen molar-refractivity contribution in [1.82, 2.24) is 14.3 Å². The van der Waals surface area contributed by atoms with Crippen LogP contribution in [0.2, 0.25) is 0 Å². The van der Waals surface area contributed by atoms with Gasteiger partial charge in [-0.3, -0.25) is 0 Å². The van der Waals surface area contributed by atoms with Crippen LogP contribution in [0.25, 0.3) is 0 Å². The monoisotopic (exact) mass is 470 g/mol. The number of halogens is 3. The highest BCUT2D eigenvalue weighted by Crippen LogP contribution is 2.32. The van der Waals surface area contributed by atoms with Crippen molar-refractivity contribution < 1.29 is 13.2 Å². The van der Waals surface area contributed by atoms with Crippen molar-refractivity contribution in [3.05, 3.63) is 71.4 Å². The number of nitriles is 1. The second-order valence-electron chi connectivity index (χ2n) is 7.57. The van der Waals surface area contributed by atoms with Crippen molar-refractivity contribution in [2.75, 3.05) is 36.4 Å². The van der Waals surface area contributed by atoms with E-state index in [4.69, 9.17) is 5.26 Å². The molecule has 6 nitrogen and oxygen atoms in total. The molecule has 1 aromatic heterocycles. The average molecular weight is 471 g/mol. The fourth-order valence-electron chi connectivity index (χ4n) is 3.29. The lowest BCUT2D eigenvalue weighted by Crippen LogP contribution is -2.44. The van der Waals surface area contributed by atoms with E-state index in [9.17, 15) is 13.2 Å². The van der Waals surface area contributed by atoms with Crippen molar-refractivity contribution in [2.24, 2.45) is 0 Å². The fourth-order valence-corrected chi connectivity index (χ4v) is 4.19. The lowest BCUT2D eigenvalue weighted by molar-refractivity contribution is -0.141. The summed E-state index contributed by atoms with van der Waals surface area (Å²) in [6, 6.07) is 17.5. The second-order valence-corrected chi connectivity index (χ2v) is 8.74. The van der Waals surface area contributed by atoms with Gasteiger partial charge in [0.2, 0.25) is 5.95 Å². The zero-order chi connectivity index (χ0) is 23.4. The third-order valence-electron chi connectivity index (χ3n) is 5.07. The Hall–Kier alpha value is -3.29. The molecular formula is C23H21F3N6S. The van der Waals surface area contributed by atoms with Crippen LogP contribution in [0.3, 0.4) is 0 Å². The van der Waals surface area contributed by atoms with E-state index in [1.807, 2.05) is 13.0 Å². The van der Waals surface area contributed by atoms with E-state index in [0.717, 1.165) is 11.0 Å². The molecule has 0 unspecified atom stereocenters. The zero-order valence-electron chi connectivity index (χ0n) is 17.8. The lowest BCUT2D eigenvalue weighted by atomic mass is 10.2. The highest BCUT2D eigenvalue weighted by atomic mass is 32.2. The molecule has 4 rings (SSSR count). The molecule has 0 radical (unpaired) electrons. The van der Waals surface area contributed by atoms with Gasteiger partial charge in [-0.25, -0.2) is 9.29 Å². The summed E-state index contributed by atoms with van der Waals surface area (Å²) in [4.78, 5) is 11.0. The number of aromatic nitrogens is 2. The van der Waals surface area contributed by atoms with Crippen molar-refractivity contribution >= 4 is 29.4 Å². The van der Waals surface area contributed by atoms with E-state index in [1.165, 1.54) is 5.56 Å². The summed E-state index contributed by atoms with van der Waals surface area (Å²) in [5.41, 5.74) is 1.18. The third-order valence-corrected chi connectivity index (χ3v) is 6.17. The summed E-state index contributed by atoms with van der Waals surface area (Å²) < 4.78 is 42.7. The van der Waals surface area contributed by atoms with Crippen molar-refractivity contribution in [3.63, 3.8) is 0 Å². The number of alkyl halides is 3. The third kappa shape index (κ3) is 5.94. The van der Waals surface area contributed by atoms with Crippen LogP contribution in [-0.2, 0) is 6.18 Å². The maximum Gasteiger partial charge on any atom is 0.433 e. The van der Waals surface area contributed by atoms with Gasteiger partial charge < -0.3 is 10.2 Å². The first-order valence-corrected chi connectivity index (χ1v) is 11.1. The molecule has 1 aliphatic rings. The molecule has 1 N–H and O–H groups in total. The maximum absolute atomic E-state index is 13.5. The first kappa shape index (κ1) is 22.9. The molecule has 2 aromatic carbocycles. The van der Waals surface area contributed by atoms with Gasteiger partial charge in [0, 0.05) is 42.8 Å². The minimum atomic E-state index is -4.60. The number of benzene rings is 2. The highest BCUT2D eigenvalue weighted by Gasteiger charge is 2.34. The summed E-state index contributed by atoms with van der Waals surface area (Å²) in [6.07, 6.45) is -4.60. The number of hydrogen-bond acceptors (Lipinski definition) is 7. The van der Waals surface area contributed by atoms with Crippen LogP contribution >= 0.6 is 11.9 Å². The predicted molar refractivity (Wildman–Crippen MR) is 122 cm³/mol. The zero-order valence-corrected chi connectivity index (χ0v) is 18.6. The largest absolute Gasteiger partial charge is 0.433 e.